The van der Waals surface area contributed by atoms with Crippen molar-refractivity contribution in [1.82, 2.24) is 10.1 Å². The van der Waals surface area contributed by atoms with E-state index in [-0.39, 0.29) is 0 Å². The molecule has 0 unspecified atom stereocenters. The zero-order valence-corrected chi connectivity index (χ0v) is 10.9. The minimum absolute atomic E-state index is 0.498. The number of benzene rings is 1. The van der Waals surface area contributed by atoms with Gasteiger partial charge < -0.3 is 10.3 Å². The van der Waals surface area contributed by atoms with Crippen molar-refractivity contribution in [3.05, 3.63) is 47.6 Å². The first kappa shape index (κ1) is 12.8. The summed E-state index contributed by atoms with van der Waals surface area (Å²) in [7, 11) is 0. The van der Waals surface area contributed by atoms with Crippen LogP contribution in [0, 0.1) is 0 Å². The molecule has 4 nitrogen and oxygen atoms in total. The number of nitrogens with zero attached hydrogens (tertiary/aromatic N) is 2. The molecule has 0 saturated heterocycles. The van der Waals surface area contributed by atoms with Crippen molar-refractivity contribution in [2.75, 3.05) is 0 Å². The van der Waals surface area contributed by atoms with Crippen molar-refractivity contribution in [3.63, 3.8) is 0 Å². The molecule has 18 heavy (non-hydrogen) atoms. The van der Waals surface area contributed by atoms with Gasteiger partial charge >= 0.3 is 0 Å². The van der Waals surface area contributed by atoms with Gasteiger partial charge in [-0.25, -0.2) is 0 Å². The van der Waals surface area contributed by atoms with Crippen molar-refractivity contribution in [3.8, 4) is 0 Å². The van der Waals surface area contributed by atoms with Crippen molar-refractivity contribution >= 4 is 0 Å². The zero-order valence-electron chi connectivity index (χ0n) is 10.9. The molecule has 0 fully saturated rings. The van der Waals surface area contributed by atoms with E-state index in [0.717, 1.165) is 12.8 Å². The molecule has 1 aromatic carbocycles. The van der Waals surface area contributed by atoms with Crippen LogP contribution in [0.25, 0.3) is 0 Å². The minimum Gasteiger partial charge on any atom is -0.337 e. The first-order valence-corrected chi connectivity index (χ1v) is 6.34. The fourth-order valence-electron chi connectivity index (χ4n) is 1.86. The van der Waals surface area contributed by atoms with Gasteiger partial charge in [-0.2, -0.15) is 4.98 Å². The molecular weight excluding hydrogens is 226 g/mol. The van der Waals surface area contributed by atoms with Crippen molar-refractivity contribution in [1.29, 1.82) is 0 Å². The van der Waals surface area contributed by atoms with Crippen LogP contribution in [0.5, 0.6) is 0 Å². The second-order valence-electron chi connectivity index (χ2n) is 4.54. The molecule has 0 aliphatic carbocycles. The van der Waals surface area contributed by atoms with Crippen LogP contribution >= 0.6 is 0 Å². The van der Waals surface area contributed by atoms with Gasteiger partial charge in [0.2, 0.25) is 5.89 Å². The first-order chi connectivity index (χ1) is 8.68. The molecule has 0 atom stereocenters. The third kappa shape index (κ3) is 2.59. The Labute approximate surface area is 107 Å². The van der Waals surface area contributed by atoms with Crippen LogP contribution in [-0.4, -0.2) is 10.1 Å². The molecule has 96 valence electrons. The Morgan fingerprint density at radius 3 is 2.44 bits per heavy atom. The molecule has 0 spiro atoms. The smallest absolute Gasteiger partial charge is 0.246 e. The van der Waals surface area contributed by atoms with Crippen LogP contribution in [0.1, 0.15) is 44.0 Å². The summed E-state index contributed by atoms with van der Waals surface area (Å²) in [5, 5.41) is 4.01. The van der Waals surface area contributed by atoms with Crippen molar-refractivity contribution in [2.45, 2.75) is 38.6 Å². The van der Waals surface area contributed by atoms with Crippen LogP contribution < -0.4 is 5.73 Å². The summed E-state index contributed by atoms with van der Waals surface area (Å²) in [5.41, 5.74) is 6.90. The Bertz CT molecular complexity index is 489. The van der Waals surface area contributed by atoms with Crippen LogP contribution in [0.15, 0.2) is 34.9 Å². The lowest BCUT2D eigenvalue weighted by Crippen LogP contribution is -2.35. The molecule has 2 rings (SSSR count). The normalized spacial score (nSPS) is 11.7. The summed E-state index contributed by atoms with van der Waals surface area (Å²) in [4.78, 5) is 4.42. The van der Waals surface area contributed by atoms with Crippen molar-refractivity contribution < 1.29 is 4.52 Å². The highest BCUT2D eigenvalue weighted by molar-refractivity contribution is 5.18. The summed E-state index contributed by atoms with van der Waals surface area (Å²) in [6.45, 7) is 4.06. The fraction of sp³-hybridized carbons (Fsp3) is 0.429. The van der Waals surface area contributed by atoms with Gasteiger partial charge in [0.25, 0.3) is 0 Å². The Kier molecular flexibility index (Phi) is 3.77. The molecule has 2 aromatic rings. The molecule has 4 heteroatoms. The quantitative estimate of drug-likeness (QED) is 0.879. The first-order valence-electron chi connectivity index (χ1n) is 6.34. The monoisotopic (exact) mass is 245 g/mol. The lowest BCUT2D eigenvalue weighted by Gasteiger charge is -2.20. The third-order valence-electron chi connectivity index (χ3n) is 3.36. The van der Waals surface area contributed by atoms with Crippen LogP contribution in [0.4, 0.5) is 0 Å². The number of aromatic nitrogens is 2. The van der Waals surface area contributed by atoms with Crippen LogP contribution in [0.2, 0.25) is 0 Å². The van der Waals surface area contributed by atoms with Gasteiger partial charge in [-0.15, -0.1) is 0 Å². The fourth-order valence-corrected chi connectivity index (χ4v) is 1.86. The van der Waals surface area contributed by atoms with E-state index in [2.05, 4.69) is 10.1 Å². The summed E-state index contributed by atoms with van der Waals surface area (Å²) in [6.07, 6.45) is 2.25. The number of hydrogen-bond donors (Lipinski definition) is 1. The Morgan fingerprint density at radius 1 is 1.17 bits per heavy atom. The van der Waals surface area contributed by atoms with Crippen LogP contribution in [-0.2, 0) is 12.0 Å². The maximum absolute atomic E-state index is 6.23. The van der Waals surface area contributed by atoms with Gasteiger partial charge in [-0.05, 0) is 18.4 Å². The highest BCUT2D eigenvalue weighted by Gasteiger charge is 2.29. The highest BCUT2D eigenvalue weighted by Crippen LogP contribution is 2.24. The van der Waals surface area contributed by atoms with Gasteiger partial charge in [0.1, 0.15) is 0 Å². The zero-order chi connectivity index (χ0) is 13.0. The SMILES string of the molecule is CCC(N)(CC)c1nc(Cc2ccccc2)no1. The molecule has 2 N–H and O–H groups in total. The van der Waals surface area contributed by atoms with Crippen molar-refractivity contribution in [2.24, 2.45) is 5.73 Å². The second-order valence-corrected chi connectivity index (χ2v) is 4.54. The molecule has 0 aliphatic rings. The summed E-state index contributed by atoms with van der Waals surface area (Å²) in [6, 6.07) is 10.1. The third-order valence-corrected chi connectivity index (χ3v) is 3.36. The largest absolute Gasteiger partial charge is 0.337 e. The minimum atomic E-state index is -0.498. The van der Waals surface area contributed by atoms with E-state index in [1.165, 1.54) is 5.56 Å². The van der Waals surface area contributed by atoms with E-state index in [9.17, 15) is 0 Å². The van der Waals surface area contributed by atoms with Gasteiger partial charge in [-0.3, -0.25) is 0 Å². The van der Waals surface area contributed by atoms with E-state index in [4.69, 9.17) is 10.3 Å². The van der Waals surface area contributed by atoms with E-state index < -0.39 is 5.54 Å². The van der Waals surface area contributed by atoms with Gasteiger partial charge in [-0.1, -0.05) is 49.3 Å². The average molecular weight is 245 g/mol. The van der Waals surface area contributed by atoms with Crippen LogP contribution in [0.3, 0.4) is 0 Å². The standard InChI is InChI=1S/C14H19N3O/c1-3-14(15,4-2)13-16-12(17-18-13)10-11-8-6-5-7-9-11/h5-9H,3-4,10,15H2,1-2H3. The molecule has 1 aromatic heterocycles. The second kappa shape index (κ2) is 5.31. The topological polar surface area (TPSA) is 64.9 Å². The maximum atomic E-state index is 6.23. The van der Waals surface area contributed by atoms with Gasteiger partial charge in [0.15, 0.2) is 5.82 Å². The number of rotatable bonds is 5. The van der Waals surface area contributed by atoms with E-state index in [0.29, 0.717) is 18.1 Å². The molecule has 0 aliphatic heterocycles. The summed E-state index contributed by atoms with van der Waals surface area (Å²) < 4.78 is 5.30. The molecular formula is C14H19N3O. The molecule has 0 amide bonds. The van der Waals surface area contributed by atoms with E-state index in [1.54, 1.807) is 0 Å². The maximum Gasteiger partial charge on any atom is 0.246 e. The Morgan fingerprint density at radius 2 is 1.83 bits per heavy atom. The Balaban J connectivity index is 2.16. The lowest BCUT2D eigenvalue weighted by atomic mass is 9.94. The molecule has 1 heterocycles. The molecule has 0 saturated carbocycles. The summed E-state index contributed by atoms with van der Waals surface area (Å²) in [5.74, 6) is 1.23. The molecule has 0 radical (unpaired) electrons. The number of nitrogens with two attached hydrogens (primary N) is 1. The predicted octanol–water partition coefficient (Wildman–Crippen LogP) is 2.63. The van der Waals surface area contributed by atoms with Gasteiger partial charge in [0.05, 0.1) is 5.54 Å². The van der Waals surface area contributed by atoms with E-state index in [1.807, 2.05) is 44.2 Å². The highest BCUT2D eigenvalue weighted by atomic mass is 16.5. The van der Waals surface area contributed by atoms with E-state index >= 15 is 0 Å². The predicted molar refractivity (Wildman–Crippen MR) is 70.0 cm³/mol. The number of hydrogen-bond acceptors (Lipinski definition) is 4. The average Bonchev–Trinajstić information content (AvgIpc) is 2.88. The summed E-state index contributed by atoms with van der Waals surface area (Å²) >= 11 is 0. The Hall–Kier alpha value is -1.68. The lowest BCUT2D eigenvalue weighted by molar-refractivity contribution is 0.267. The van der Waals surface area contributed by atoms with Gasteiger partial charge in [0, 0.05) is 6.42 Å². The molecule has 0 bridgehead atoms.